The first-order chi connectivity index (χ1) is 9.99. The molecule has 0 aliphatic carbocycles. The summed E-state index contributed by atoms with van der Waals surface area (Å²) < 4.78 is 29.0. The molecular formula is C11H13N7O2S. The molecule has 0 saturated heterocycles. The molecule has 9 nitrogen and oxygen atoms in total. The van der Waals surface area contributed by atoms with Gasteiger partial charge in [0.2, 0.25) is 0 Å². The SMILES string of the molecule is CC(NS(=O)(=O)c1c(N)nc2ccccn12)c1ncn[nH]1. The van der Waals surface area contributed by atoms with Gasteiger partial charge in [-0.1, -0.05) is 6.07 Å². The van der Waals surface area contributed by atoms with Gasteiger partial charge in [-0.3, -0.25) is 9.50 Å². The fraction of sp³-hybridized carbons (Fsp3) is 0.182. The molecule has 0 saturated carbocycles. The Morgan fingerprint density at radius 3 is 2.95 bits per heavy atom. The number of nitrogen functional groups attached to an aromatic ring is 1. The lowest BCUT2D eigenvalue weighted by molar-refractivity contribution is 0.556. The van der Waals surface area contributed by atoms with Crippen molar-refractivity contribution in [3.63, 3.8) is 0 Å². The van der Waals surface area contributed by atoms with Crippen molar-refractivity contribution in [3.8, 4) is 0 Å². The highest BCUT2D eigenvalue weighted by atomic mass is 32.2. The fourth-order valence-corrected chi connectivity index (χ4v) is 3.45. The van der Waals surface area contributed by atoms with E-state index < -0.39 is 16.1 Å². The number of imidazole rings is 1. The van der Waals surface area contributed by atoms with Crippen LogP contribution in [-0.4, -0.2) is 33.0 Å². The molecule has 0 aliphatic heterocycles. The van der Waals surface area contributed by atoms with Gasteiger partial charge in [0.05, 0.1) is 6.04 Å². The Morgan fingerprint density at radius 1 is 1.43 bits per heavy atom. The molecule has 3 aromatic heterocycles. The van der Waals surface area contributed by atoms with Crippen LogP contribution in [0.4, 0.5) is 5.82 Å². The molecule has 0 fully saturated rings. The zero-order valence-electron chi connectivity index (χ0n) is 11.1. The largest absolute Gasteiger partial charge is 0.381 e. The second-order valence-corrected chi connectivity index (χ2v) is 6.07. The Morgan fingerprint density at radius 2 is 2.24 bits per heavy atom. The molecule has 21 heavy (non-hydrogen) atoms. The van der Waals surface area contributed by atoms with Crippen molar-refractivity contribution in [2.24, 2.45) is 0 Å². The van der Waals surface area contributed by atoms with Gasteiger partial charge in [0.25, 0.3) is 10.0 Å². The lowest BCUT2D eigenvalue weighted by Gasteiger charge is -2.11. The van der Waals surface area contributed by atoms with Gasteiger partial charge in [0, 0.05) is 6.20 Å². The van der Waals surface area contributed by atoms with E-state index in [9.17, 15) is 8.42 Å². The van der Waals surface area contributed by atoms with Crippen LogP contribution in [0.2, 0.25) is 0 Å². The number of aromatic amines is 1. The molecule has 1 unspecified atom stereocenters. The molecule has 0 aliphatic rings. The van der Waals surface area contributed by atoms with E-state index in [0.29, 0.717) is 11.5 Å². The number of rotatable bonds is 4. The number of fused-ring (bicyclic) bond motifs is 1. The van der Waals surface area contributed by atoms with Crippen molar-refractivity contribution >= 4 is 21.5 Å². The van der Waals surface area contributed by atoms with Gasteiger partial charge in [-0.2, -0.15) is 9.82 Å². The van der Waals surface area contributed by atoms with E-state index in [1.165, 1.54) is 10.7 Å². The molecule has 3 rings (SSSR count). The summed E-state index contributed by atoms with van der Waals surface area (Å²) in [4.78, 5) is 7.95. The first kappa shape index (κ1) is 13.5. The number of anilines is 1. The average molecular weight is 307 g/mol. The molecule has 110 valence electrons. The Balaban J connectivity index is 2.03. The van der Waals surface area contributed by atoms with E-state index >= 15 is 0 Å². The predicted molar refractivity (Wildman–Crippen MR) is 74.7 cm³/mol. The van der Waals surface area contributed by atoms with E-state index in [4.69, 9.17) is 5.73 Å². The topological polar surface area (TPSA) is 131 Å². The highest BCUT2D eigenvalue weighted by molar-refractivity contribution is 7.89. The third kappa shape index (κ3) is 2.34. The van der Waals surface area contributed by atoms with Crippen LogP contribution in [-0.2, 0) is 10.0 Å². The second-order valence-electron chi connectivity index (χ2n) is 4.44. The normalized spacial score (nSPS) is 13.6. The molecule has 0 spiro atoms. The van der Waals surface area contributed by atoms with E-state index in [2.05, 4.69) is 24.9 Å². The average Bonchev–Trinajstić information content (AvgIpc) is 3.04. The third-order valence-corrected chi connectivity index (χ3v) is 4.52. The van der Waals surface area contributed by atoms with Gasteiger partial charge < -0.3 is 5.73 Å². The molecule has 0 bridgehead atoms. The standard InChI is InChI=1S/C11H13N7O2S/c1-7(10-13-6-14-16-10)17-21(19,20)11-9(12)15-8-4-2-3-5-18(8)11/h2-7,17H,12H2,1H3,(H,13,14,16). The summed E-state index contributed by atoms with van der Waals surface area (Å²) in [6.45, 7) is 1.65. The zero-order chi connectivity index (χ0) is 15.0. The molecule has 0 amide bonds. The quantitative estimate of drug-likeness (QED) is 0.625. The van der Waals surface area contributed by atoms with Crippen molar-refractivity contribution in [3.05, 3.63) is 36.5 Å². The minimum absolute atomic E-state index is 0.0570. The third-order valence-electron chi connectivity index (χ3n) is 2.94. The maximum absolute atomic E-state index is 12.5. The van der Waals surface area contributed by atoms with Crippen molar-refractivity contribution in [2.75, 3.05) is 5.73 Å². The number of hydrogen-bond acceptors (Lipinski definition) is 6. The van der Waals surface area contributed by atoms with E-state index in [1.807, 2.05) is 0 Å². The highest BCUT2D eigenvalue weighted by Crippen LogP contribution is 2.21. The maximum Gasteiger partial charge on any atom is 0.261 e. The molecule has 3 heterocycles. The van der Waals surface area contributed by atoms with Gasteiger partial charge in [0.1, 0.15) is 17.8 Å². The van der Waals surface area contributed by atoms with Crippen molar-refractivity contribution in [1.82, 2.24) is 29.3 Å². The number of aromatic nitrogens is 5. The van der Waals surface area contributed by atoms with Gasteiger partial charge in [-0.25, -0.2) is 18.4 Å². The molecule has 4 N–H and O–H groups in total. The second kappa shape index (κ2) is 4.82. The number of hydrogen-bond donors (Lipinski definition) is 3. The summed E-state index contributed by atoms with van der Waals surface area (Å²) in [5.41, 5.74) is 6.21. The summed E-state index contributed by atoms with van der Waals surface area (Å²) in [6, 6.07) is 4.55. The van der Waals surface area contributed by atoms with Crippen LogP contribution in [0.1, 0.15) is 18.8 Å². The number of H-pyrrole nitrogens is 1. The Hall–Kier alpha value is -2.46. The summed E-state index contributed by atoms with van der Waals surface area (Å²) in [5, 5.41) is 6.21. The van der Waals surface area contributed by atoms with E-state index in [-0.39, 0.29) is 10.8 Å². The van der Waals surface area contributed by atoms with Crippen LogP contribution >= 0.6 is 0 Å². The summed E-state index contributed by atoms with van der Waals surface area (Å²) in [5.74, 6) is 0.351. The molecule has 10 heteroatoms. The fourth-order valence-electron chi connectivity index (χ4n) is 2.03. The Bertz CT molecular complexity index is 869. The molecule has 1 atom stereocenters. The number of nitrogens with one attached hydrogen (secondary N) is 2. The summed E-state index contributed by atoms with van der Waals surface area (Å²) in [6.07, 6.45) is 2.90. The zero-order valence-corrected chi connectivity index (χ0v) is 11.9. The smallest absolute Gasteiger partial charge is 0.261 e. The van der Waals surface area contributed by atoms with Gasteiger partial charge in [0.15, 0.2) is 10.8 Å². The van der Waals surface area contributed by atoms with Crippen molar-refractivity contribution < 1.29 is 8.42 Å². The summed E-state index contributed by atoms with van der Waals surface area (Å²) in [7, 11) is -3.86. The van der Waals surface area contributed by atoms with Gasteiger partial charge in [-0.15, -0.1) is 0 Å². The monoisotopic (exact) mass is 307 g/mol. The Kier molecular flexibility index (Phi) is 3.11. The number of sulfonamides is 1. The van der Waals surface area contributed by atoms with Crippen LogP contribution in [0.3, 0.4) is 0 Å². The van der Waals surface area contributed by atoms with Crippen LogP contribution in [0, 0.1) is 0 Å². The van der Waals surface area contributed by atoms with Crippen LogP contribution in [0.15, 0.2) is 35.7 Å². The summed E-state index contributed by atoms with van der Waals surface area (Å²) >= 11 is 0. The van der Waals surface area contributed by atoms with Gasteiger partial charge >= 0.3 is 0 Å². The molecule has 0 radical (unpaired) electrons. The lowest BCUT2D eigenvalue weighted by atomic mass is 10.3. The molecular weight excluding hydrogens is 294 g/mol. The lowest BCUT2D eigenvalue weighted by Crippen LogP contribution is -2.29. The number of pyridine rings is 1. The minimum atomic E-state index is -3.86. The minimum Gasteiger partial charge on any atom is -0.381 e. The first-order valence-electron chi connectivity index (χ1n) is 6.09. The Labute approximate surface area is 120 Å². The van der Waals surface area contributed by atoms with Gasteiger partial charge in [-0.05, 0) is 19.1 Å². The highest BCUT2D eigenvalue weighted by Gasteiger charge is 2.26. The maximum atomic E-state index is 12.5. The predicted octanol–water partition coefficient (Wildman–Crippen LogP) is 0.0741. The first-order valence-corrected chi connectivity index (χ1v) is 7.57. The number of nitrogens with zero attached hydrogens (tertiary/aromatic N) is 4. The number of nitrogens with two attached hydrogens (primary N) is 1. The van der Waals surface area contributed by atoms with Crippen molar-refractivity contribution in [2.45, 2.75) is 18.0 Å². The molecule has 0 aromatic carbocycles. The van der Waals surface area contributed by atoms with Crippen molar-refractivity contribution in [1.29, 1.82) is 0 Å². The van der Waals surface area contributed by atoms with E-state index in [1.54, 1.807) is 31.3 Å². The van der Waals surface area contributed by atoms with Crippen LogP contribution < -0.4 is 10.5 Å². The van der Waals surface area contributed by atoms with E-state index in [0.717, 1.165) is 0 Å². The van der Waals surface area contributed by atoms with Crippen LogP contribution in [0.25, 0.3) is 5.65 Å². The van der Waals surface area contributed by atoms with Crippen LogP contribution in [0.5, 0.6) is 0 Å². The molecule has 3 aromatic rings.